The van der Waals surface area contributed by atoms with Gasteiger partial charge in [0.15, 0.2) is 11.5 Å². The van der Waals surface area contributed by atoms with E-state index in [4.69, 9.17) is 15.2 Å². The van der Waals surface area contributed by atoms with Crippen LogP contribution in [0.2, 0.25) is 0 Å². The molecule has 110 valence electrons. The highest BCUT2D eigenvalue weighted by Crippen LogP contribution is 2.34. The van der Waals surface area contributed by atoms with Crippen LogP contribution in [0.1, 0.15) is 38.3 Å². The zero-order valence-corrected chi connectivity index (χ0v) is 12.4. The molecule has 2 N–H and O–H groups in total. The fourth-order valence-corrected chi connectivity index (χ4v) is 2.87. The Bertz CT molecular complexity index is 477. The van der Waals surface area contributed by atoms with Gasteiger partial charge in [-0.05, 0) is 49.0 Å². The van der Waals surface area contributed by atoms with Gasteiger partial charge in [0.2, 0.25) is 6.79 Å². The molecule has 1 saturated heterocycles. The first-order valence-electron chi connectivity index (χ1n) is 7.41. The Morgan fingerprint density at radius 2 is 1.90 bits per heavy atom. The maximum absolute atomic E-state index is 6.35. The first-order valence-corrected chi connectivity index (χ1v) is 7.41. The van der Waals surface area contributed by atoms with E-state index >= 15 is 0 Å². The molecule has 0 amide bonds. The Hall–Kier alpha value is -1.26. The van der Waals surface area contributed by atoms with Crippen molar-refractivity contribution >= 4 is 0 Å². The summed E-state index contributed by atoms with van der Waals surface area (Å²) < 4.78 is 10.7. The van der Waals surface area contributed by atoms with Gasteiger partial charge in [-0.15, -0.1) is 0 Å². The van der Waals surface area contributed by atoms with E-state index < -0.39 is 0 Å². The largest absolute Gasteiger partial charge is 0.454 e. The molecule has 1 aromatic carbocycles. The Balaban J connectivity index is 1.61. The molecule has 4 nitrogen and oxygen atoms in total. The lowest BCUT2D eigenvalue weighted by Crippen LogP contribution is -2.40. The summed E-state index contributed by atoms with van der Waals surface area (Å²) in [6, 6.07) is 6.05. The number of rotatable bonds is 3. The quantitative estimate of drug-likeness (QED) is 0.921. The average molecular weight is 276 g/mol. The van der Waals surface area contributed by atoms with Crippen LogP contribution < -0.4 is 15.2 Å². The molecule has 2 aliphatic heterocycles. The average Bonchev–Trinajstić information content (AvgIpc) is 2.88. The maximum Gasteiger partial charge on any atom is 0.231 e. The lowest BCUT2D eigenvalue weighted by Gasteiger charge is -2.38. The van der Waals surface area contributed by atoms with Gasteiger partial charge in [0.05, 0.1) is 0 Å². The van der Waals surface area contributed by atoms with Crippen molar-refractivity contribution in [1.29, 1.82) is 0 Å². The molecule has 0 bridgehead atoms. The van der Waals surface area contributed by atoms with Crippen molar-refractivity contribution in [2.75, 3.05) is 26.4 Å². The van der Waals surface area contributed by atoms with Crippen LogP contribution in [-0.4, -0.2) is 31.3 Å². The fraction of sp³-hybridized carbons (Fsp3) is 0.625. The first kappa shape index (κ1) is 13.7. The van der Waals surface area contributed by atoms with Gasteiger partial charge in [-0.3, -0.25) is 0 Å². The lowest BCUT2D eigenvalue weighted by atomic mass is 9.82. The van der Waals surface area contributed by atoms with Crippen LogP contribution in [0.4, 0.5) is 0 Å². The van der Waals surface area contributed by atoms with Crippen molar-refractivity contribution in [2.24, 2.45) is 11.1 Å². The number of nitrogens with zero attached hydrogens (tertiary/aromatic N) is 1. The number of fused-ring (bicyclic) bond motifs is 1. The van der Waals surface area contributed by atoms with Gasteiger partial charge in [0, 0.05) is 12.6 Å². The van der Waals surface area contributed by atoms with Crippen LogP contribution in [0.3, 0.4) is 0 Å². The molecule has 0 spiro atoms. The number of hydrogen-bond acceptors (Lipinski definition) is 4. The minimum Gasteiger partial charge on any atom is -0.454 e. The molecule has 0 radical (unpaired) electrons. The molecule has 1 unspecified atom stereocenters. The molecule has 1 fully saturated rings. The van der Waals surface area contributed by atoms with Gasteiger partial charge < -0.3 is 20.1 Å². The Morgan fingerprint density at radius 3 is 2.65 bits per heavy atom. The molecule has 3 rings (SSSR count). The van der Waals surface area contributed by atoms with E-state index in [2.05, 4.69) is 18.7 Å². The maximum atomic E-state index is 6.35. The van der Waals surface area contributed by atoms with E-state index in [1.165, 1.54) is 12.8 Å². The van der Waals surface area contributed by atoms with Gasteiger partial charge in [-0.2, -0.15) is 0 Å². The predicted octanol–water partition coefficient (Wildman–Crippen LogP) is 2.54. The summed E-state index contributed by atoms with van der Waals surface area (Å²) in [6.45, 7) is 8.21. The number of hydrogen-bond donors (Lipinski definition) is 1. The van der Waals surface area contributed by atoms with E-state index in [0.717, 1.165) is 36.7 Å². The summed E-state index contributed by atoms with van der Waals surface area (Å²) in [5.74, 6) is 1.64. The van der Waals surface area contributed by atoms with Gasteiger partial charge in [-0.1, -0.05) is 19.9 Å². The summed E-state index contributed by atoms with van der Waals surface area (Å²) in [5, 5.41) is 0. The van der Waals surface area contributed by atoms with Gasteiger partial charge in [0.1, 0.15) is 0 Å². The van der Waals surface area contributed by atoms with Crippen molar-refractivity contribution in [2.45, 2.75) is 32.7 Å². The summed E-state index contributed by atoms with van der Waals surface area (Å²) in [7, 11) is 0. The second kappa shape index (κ2) is 5.26. The van der Waals surface area contributed by atoms with Crippen LogP contribution in [0.5, 0.6) is 11.5 Å². The van der Waals surface area contributed by atoms with Gasteiger partial charge in [-0.25, -0.2) is 0 Å². The van der Waals surface area contributed by atoms with E-state index in [0.29, 0.717) is 12.2 Å². The zero-order valence-electron chi connectivity index (χ0n) is 12.4. The molecule has 4 heteroatoms. The highest BCUT2D eigenvalue weighted by atomic mass is 16.7. The van der Waals surface area contributed by atoms with E-state index in [9.17, 15) is 0 Å². The Labute approximate surface area is 120 Å². The van der Waals surface area contributed by atoms with Gasteiger partial charge >= 0.3 is 0 Å². The standard InChI is InChI=1S/C16H24N2O2/c1-16(2)5-7-18(8-6-16)10-13(17)12-3-4-14-15(9-12)20-11-19-14/h3-4,9,13H,5-8,10-11,17H2,1-2H3. The van der Waals surface area contributed by atoms with Gasteiger partial charge in [0.25, 0.3) is 0 Å². The third-order valence-electron chi connectivity index (χ3n) is 4.49. The predicted molar refractivity (Wildman–Crippen MR) is 78.9 cm³/mol. The first-order chi connectivity index (χ1) is 9.53. The topological polar surface area (TPSA) is 47.7 Å². The normalized spacial score (nSPS) is 22.8. The third kappa shape index (κ3) is 2.91. The molecule has 0 aromatic heterocycles. The van der Waals surface area contributed by atoms with Crippen LogP contribution in [0, 0.1) is 5.41 Å². The van der Waals surface area contributed by atoms with Crippen LogP contribution in [0.15, 0.2) is 18.2 Å². The SMILES string of the molecule is CC1(C)CCN(CC(N)c2ccc3c(c2)OCO3)CC1. The summed E-state index contributed by atoms with van der Waals surface area (Å²) in [5.41, 5.74) is 7.96. The molecular weight excluding hydrogens is 252 g/mol. The van der Waals surface area contributed by atoms with E-state index in [1.807, 2.05) is 18.2 Å². The fourth-order valence-electron chi connectivity index (χ4n) is 2.87. The molecule has 0 saturated carbocycles. The van der Waals surface area contributed by atoms with Crippen LogP contribution >= 0.6 is 0 Å². The number of piperidine rings is 1. The van der Waals surface area contributed by atoms with Crippen molar-refractivity contribution < 1.29 is 9.47 Å². The molecule has 20 heavy (non-hydrogen) atoms. The number of ether oxygens (including phenoxy) is 2. The van der Waals surface area contributed by atoms with E-state index in [1.54, 1.807) is 0 Å². The highest BCUT2D eigenvalue weighted by Gasteiger charge is 2.26. The van der Waals surface area contributed by atoms with E-state index in [-0.39, 0.29) is 6.04 Å². The second-order valence-electron chi connectivity index (χ2n) is 6.68. The molecular formula is C16H24N2O2. The highest BCUT2D eigenvalue weighted by molar-refractivity contribution is 5.45. The summed E-state index contributed by atoms with van der Waals surface area (Å²) >= 11 is 0. The Morgan fingerprint density at radius 1 is 1.20 bits per heavy atom. The van der Waals surface area contributed by atoms with Crippen LogP contribution in [-0.2, 0) is 0 Å². The molecule has 2 heterocycles. The molecule has 0 aliphatic carbocycles. The lowest BCUT2D eigenvalue weighted by molar-refractivity contribution is 0.127. The van der Waals surface area contributed by atoms with Crippen molar-refractivity contribution in [3.8, 4) is 11.5 Å². The number of benzene rings is 1. The third-order valence-corrected chi connectivity index (χ3v) is 4.49. The van der Waals surface area contributed by atoms with Crippen molar-refractivity contribution in [3.05, 3.63) is 23.8 Å². The molecule has 1 atom stereocenters. The summed E-state index contributed by atoms with van der Waals surface area (Å²) in [4.78, 5) is 2.47. The van der Waals surface area contributed by atoms with Crippen molar-refractivity contribution in [1.82, 2.24) is 4.90 Å². The monoisotopic (exact) mass is 276 g/mol. The number of likely N-dealkylation sites (tertiary alicyclic amines) is 1. The molecule has 2 aliphatic rings. The smallest absolute Gasteiger partial charge is 0.231 e. The minimum atomic E-state index is 0.0331. The summed E-state index contributed by atoms with van der Waals surface area (Å²) in [6.07, 6.45) is 2.50. The second-order valence-corrected chi connectivity index (χ2v) is 6.68. The van der Waals surface area contributed by atoms with Crippen LogP contribution in [0.25, 0.3) is 0 Å². The zero-order chi connectivity index (χ0) is 14.2. The Kier molecular flexibility index (Phi) is 3.61. The van der Waals surface area contributed by atoms with Crippen molar-refractivity contribution in [3.63, 3.8) is 0 Å². The molecule has 1 aromatic rings. The number of nitrogens with two attached hydrogens (primary N) is 1. The minimum absolute atomic E-state index is 0.0331.